The highest BCUT2D eigenvalue weighted by molar-refractivity contribution is 8.00. The van der Waals surface area contributed by atoms with Crippen molar-refractivity contribution in [1.29, 1.82) is 0 Å². The minimum absolute atomic E-state index is 0.0334. The van der Waals surface area contributed by atoms with Gasteiger partial charge < -0.3 is 4.90 Å². The van der Waals surface area contributed by atoms with Crippen LogP contribution in [0, 0.1) is 23.4 Å². The van der Waals surface area contributed by atoms with Crippen LogP contribution in [0.4, 0.5) is 13.2 Å². The molecule has 0 saturated carbocycles. The van der Waals surface area contributed by atoms with Crippen molar-refractivity contribution in [3.8, 4) is 0 Å². The van der Waals surface area contributed by atoms with Gasteiger partial charge in [-0.3, -0.25) is 9.59 Å². The average Bonchev–Trinajstić information content (AvgIpc) is 2.66. The molecule has 0 atom stereocenters. The Bertz CT molecular complexity index is 813. The first-order valence-electron chi connectivity index (χ1n) is 8.60. The molecule has 2 aromatic carbocycles. The number of carbonyl (C=O) groups excluding carboxylic acids is 2. The molecule has 3 rings (SSSR count). The average molecular weight is 393 g/mol. The van der Waals surface area contributed by atoms with Crippen molar-refractivity contribution in [3.05, 3.63) is 65.5 Å². The number of likely N-dealkylation sites (tertiary alicyclic amines) is 1. The molecule has 1 aliphatic rings. The van der Waals surface area contributed by atoms with Gasteiger partial charge in [-0.05, 0) is 25.0 Å². The highest BCUT2D eigenvalue weighted by Gasteiger charge is 2.31. The number of halogens is 3. The van der Waals surface area contributed by atoms with Crippen LogP contribution in [-0.2, 0) is 4.79 Å². The number of Topliss-reactive ketones (excluding diaryl/α,β-unsaturated/α-hetero) is 1. The Hall–Kier alpha value is -2.28. The summed E-state index contributed by atoms with van der Waals surface area (Å²) in [6, 6.07) is 10.6. The first kappa shape index (κ1) is 19.5. The molecule has 0 bridgehead atoms. The van der Waals surface area contributed by atoms with Gasteiger partial charge in [0.25, 0.3) is 0 Å². The quantitative estimate of drug-likeness (QED) is 0.561. The fourth-order valence-electron chi connectivity index (χ4n) is 3.13. The fraction of sp³-hybridized carbons (Fsp3) is 0.300. The Labute approximate surface area is 159 Å². The van der Waals surface area contributed by atoms with Gasteiger partial charge >= 0.3 is 0 Å². The zero-order chi connectivity index (χ0) is 19.4. The SMILES string of the molecule is O=C(c1c(F)cc(F)cc1F)C1CCN(C(=O)CSc2ccccc2)CC1. The molecule has 0 aromatic heterocycles. The van der Waals surface area contributed by atoms with Crippen molar-refractivity contribution in [2.24, 2.45) is 5.92 Å². The number of rotatable bonds is 5. The van der Waals surface area contributed by atoms with Crippen LogP contribution >= 0.6 is 11.8 Å². The van der Waals surface area contributed by atoms with E-state index in [0.717, 1.165) is 4.90 Å². The maximum absolute atomic E-state index is 13.8. The fourth-order valence-corrected chi connectivity index (χ4v) is 3.95. The lowest BCUT2D eigenvalue weighted by Gasteiger charge is -2.31. The molecular weight excluding hydrogens is 375 g/mol. The molecule has 0 spiro atoms. The number of benzene rings is 2. The number of ketones is 1. The van der Waals surface area contributed by atoms with Gasteiger partial charge in [0, 0.05) is 36.0 Å². The number of thioether (sulfide) groups is 1. The van der Waals surface area contributed by atoms with Gasteiger partial charge in [0.1, 0.15) is 17.5 Å². The van der Waals surface area contributed by atoms with Crippen molar-refractivity contribution < 1.29 is 22.8 Å². The Balaban J connectivity index is 1.55. The van der Waals surface area contributed by atoms with Gasteiger partial charge in [0.15, 0.2) is 5.78 Å². The number of carbonyl (C=O) groups is 2. The van der Waals surface area contributed by atoms with E-state index in [1.807, 2.05) is 30.3 Å². The maximum Gasteiger partial charge on any atom is 0.232 e. The summed E-state index contributed by atoms with van der Waals surface area (Å²) < 4.78 is 40.6. The lowest BCUT2D eigenvalue weighted by atomic mass is 9.88. The largest absolute Gasteiger partial charge is 0.342 e. The van der Waals surface area contributed by atoms with Crippen LogP contribution in [0.3, 0.4) is 0 Å². The summed E-state index contributed by atoms with van der Waals surface area (Å²) in [6.45, 7) is 0.712. The molecule has 0 unspecified atom stereocenters. The third-order valence-electron chi connectivity index (χ3n) is 4.58. The second kappa shape index (κ2) is 8.61. The van der Waals surface area contributed by atoms with Gasteiger partial charge in [-0.2, -0.15) is 0 Å². The summed E-state index contributed by atoms with van der Waals surface area (Å²) in [5.41, 5.74) is -0.694. The number of amides is 1. The van der Waals surface area contributed by atoms with Gasteiger partial charge in [0.05, 0.1) is 11.3 Å². The van der Waals surface area contributed by atoms with Gasteiger partial charge in [-0.25, -0.2) is 13.2 Å². The minimum atomic E-state index is -1.18. The standard InChI is InChI=1S/C20H18F3NO2S/c21-14-10-16(22)19(17(23)11-14)20(26)13-6-8-24(9-7-13)18(25)12-27-15-4-2-1-3-5-15/h1-5,10-11,13H,6-9,12H2. The van der Waals surface area contributed by atoms with Gasteiger partial charge in [0.2, 0.25) is 5.91 Å². The van der Waals surface area contributed by atoms with E-state index in [2.05, 4.69) is 0 Å². The maximum atomic E-state index is 13.8. The van der Waals surface area contributed by atoms with Gasteiger partial charge in [-0.15, -0.1) is 11.8 Å². The second-order valence-electron chi connectivity index (χ2n) is 6.37. The van der Waals surface area contributed by atoms with E-state index >= 15 is 0 Å². The Morgan fingerprint density at radius 1 is 1.00 bits per heavy atom. The molecule has 1 saturated heterocycles. The molecule has 1 amide bonds. The summed E-state index contributed by atoms with van der Waals surface area (Å²) in [6.07, 6.45) is 0.660. The molecule has 1 fully saturated rings. The highest BCUT2D eigenvalue weighted by Crippen LogP contribution is 2.26. The summed E-state index contributed by atoms with van der Waals surface area (Å²) >= 11 is 1.44. The van der Waals surface area contributed by atoms with E-state index in [-0.39, 0.29) is 5.91 Å². The van der Waals surface area contributed by atoms with E-state index < -0.39 is 34.7 Å². The van der Waals surface area contributed by atoms with E-state index in [0.29, 0.717) is 43.8 Å². The predicted molar refractivity (Wildman–Crippen MR) is 97.1 cm³/mol. The van der Waals surface area contributed by atoms with Crippen LogP contribution in [0.2, 0.25) is 0 Å². The normalized spacial score (nSPS) is 15.0. The Kier molecular flexibility index (Phi) is 6.21. The lowest BCUT2D eigenvalue weighted by molar-refractivity contribution is -0.129. The lowest BCUT2D eigenvalue weighted by Crippen LogP contribution is -2.41. The van der Waals surface area contributed by atoms with Crippen LogP contribution < -0.4 is 0 Å². The van der Waals surface area contributed by atoms with Crippen molar-refractivity contribution >= 4 is 23.5 Å². The first-order chi connectivity index (χ1) is 13.0. The molecule has 7 heteroatoms. The Morgan fingerprint density at radius 2 is 1.59 bits per heavy atom. The molecule has 1 aliphatic heterocycles. The molecule has 0 aliphatic carbocycles. The number of piperidine rings is 1. The summed E-state index contributed by atoms with van der Waals surface area (Å²) in [4.78, 5) is 27.4. The van der Waals surface area contributed by atoms with Crippen molar-refractivity contribution in [2.45, 2.75) is 17.7 Å². The highest BCUT2D eigenvalue weighted by atomic mass is 32.2. The van der Waals surface area contributed by atoms with Crippen LogP contribution in [0.15, 0.2) is 47.4 Å². The molecule has 142 valence electrons. The molecule has 3 nitrogen and oxygen atoms in total. The first-order valence-corrected chi connectivity index (χ1v) is 9.58. The number of hydrogen-bond acceptors (Lipinski definition) is 3. The molecule has 27 heavy (non-hydrogen) atoms. The van der Waals surface area contributed by atoms with Crippen LogP contribution in [-0.4, -0.2) is 35.4 Å². The number of hydrogen-bond donors (Lipinski definition) is 0. The molecule has 1 heterocycles. The minimum Gasteiger partial charge on any atom is -0.342 e. The van der Waals surface area contributed by atoms with Gasteiger partial charge in [-0.1, -0.05) is 18.2 Å². The van der Waals surface area contributed by atoms with E-state index in [9.17, 15) is 22.8 Å². The van der Waals surface area contributed by atoms with E-state index in [1.165, 1.54) is 11.8 Å². The van der Waals surface area contributed by atoms with E-state index in [1.54, 1.807) is 4.90 Å². The molecule has 0 N–H and O–H groups in total. The van der Waals surface area contributed by atoms with Crippen molar-refractivity contribution in [3.63, 3.8) is 0 Å². The molecule has 2 aromatic rings. The summed E-state index contributed by atoms with van der Waals surface area (Å²) in [5, 5.41) is 0. The smallest absolute Gasteiger partial charge is 0.232 e. The summed E-state index contributed by atoms with van der Waals surface area (Å²) in [7, 11) is 0. The van der Waals surface area contributed by atoms with Crippen LogP contribution in [0.5, 0.6) is 0 Å². The van der Waals surface area contributed by atoms with Crippen molar-refractivity contribution in [2.75, 3.05) is 18.8 Å². The Morgan fingerprint density at radius 3 is 2.19 bits per heavy atom. The third kappa shape index (κ3) is 4.71. The topological polar surface area (TPSA) is 37.4 Å². The summed E-state index contributed by atoms with van der Waals surface area (Å²) in [5.74, 6) is -4.41. The van der Waals surface area contributed by atoms with Crippen LogP contribution in [0.1, 0.15) is 23.2 Å². The second-order valence-corrected chi connectivity index (χ2v) is 7.41. The van der Waals surface area contributed by atoms with Crippen LogP contribution in [0.25, 0.3) is 0 Å². The molecule has 0 radical (unpaired) electrons. The molecular formula is C20H18F3NO2S. The van der Waals surface area contributed by atoms with E-state index in [4.69, 9.17) is 0 Å². The third-order valence-corrected chi connectivity index (χ3v) is 5.57. The number of nitrogens with zero attached hydrogens (tertiary/aromatic N) is 1. The monoisotopic (exact) mass is 393 g/mol. The van der Waals surface area contributed by atoms with Crippen molar-refractivity contribution in [1.82, 2.24) is 4.90 Å². The predicted octanol–water partition coefficient (Wildman–Crippen LogP) is 4.32. The zero-order valence-corrected chi connectivity index (χ0v) is 15.3. The zero-order valence-electron chi connectivity index (χ0n) is 14.5.